The number of nitrogens with zero attached hydrogens (tertiary/aromatic N) is 1. The predicted molar refractivity (Wildman–Crippen MR) is 72.2 cm³/mol. The minimum absolute atomic E-state index is 0.182. The largest absolute Gasteiger partial charge is 0.468 e. The smallest absolute Gasteiger partial charge is 0.323 e. The van der Waals surface area contributed by atoms with E-state index in [0.717, 1.165) is 13.0 Å². The van der Waals surface area contributed by atoms with Gasteiger partial charge in [0.15, 0.2) is 0 Å². The third kappa shape index (κ3) is 3.60. The number of aromatic nitrogens is 1. The first-order valence-electron chi connectivity index (χ1n) is 6.59. The molecular formula is C14H24N2O2. The Morgan fingerprint density at radius 1 is 1.50 bits per heavy atom. The van der Waals surface area contributed by atoms with Gasteiger partial charge in [-0.2, -0.15) is 0 Å². The summed E-state index contributed by atoms with van der Waals surface area (Å²) in [5, 5.41) is 3.30. The zero-order chi connectivity index (χ0) is 13.5. The molecule has 2 unspecified atom stereocenters. The molecule has 0 aliphatic carbocycles. The minimum Gasteiger partial charge on any atom is -0.468 e. The van der Waals surface area contributed by atoms with Gasteiger partial charge in [-0.15, -0.1) is 0 Å². The Morgan fingerprint density at radius 3 is 2.78 bits per heavy atom. The van der Waals surface area contributed by atoms with E-state index in [-0.39, 0.29) is 17.9 Å². The molecule has 0 saturated carbocycles. The zero-order valence-electron chi connectivity index (χ0n) is 11.8. The highest BCUT2D eigenvalue weighted by Gasteiger charge is 2.24. The Kier molecular flexibility index (Phi) is 5.92. The Bertz CT molecular complexity index is 374. The number of nitrogens with one attached hydrogen (secondary N) is 1. The molecule has 2 atom stereocenters. The van der Waals surface area contributed by atoms with Gasteiger partial charge in [-0.3, -0.25) is 10.1 Å². The van der Waals surface area contributed by atoms with Gasteiger partial charge >= 0.3 is 5.97 Å². The average Bonchev–Trinajstić information content (AvgIpc) is 2.85. The highest BCUT2D eigenvalue weighted by Crippen LogP contribution is 2.11. The Morgan fingerprint density at radius 2 is 2.22 bits per heavy atom. The maximum atomic E-state index is 11.7. The summed E-state index contributed by atoms with van der Waals surface area (Å²) >= 11 is 0. The van der Waals surface area contributed by atoms with E-state index in [9.17, 15) is 4.79 Å². The lowest BCUT2D eigenvalue weighted by Crippen LogP contribution is -2.42. The first-order valence-corrected chi connectivity index (χ1v) is 6.59. The first kappa shape index (κ1) is 14.8. The number of hydrogen-bond donors (Lipinski definition) is 1. The topological polar surface area (TPSA) is 43.3 Å². The summed E-state index contributed by atoms with van der Waals surface area (Å²) in [5.74, 6) is 0.0847. The lowest BCUT2D eigenvalue weighted by molar-refractivity contribution is -0.144. The Balaban J connectivity index is 2.64. The molecule has 0 spiro atoms. The number of rotatable bonds is 7. The van der Waals surface area contributed by atoms with Crippen molar-refractivity contribution in [1.29, 1.82) is 0 Å². The van der Waals surface area contributed by atoms with Gasteiger partial charge in [0, 0.05) is 25.0 Å². The number of carbonyl (C=O) groups is 1. The van der Waals surface area contributed by atoms with Crippen LogP contribution in [0.15, 0.2) is 18.3 Å². The van der Waals surface area contributed by atoms with E-state index >= 15 is 0 Å². The van der Waals surface area contributed by atoms with E-state index in [1.54, 1.807) is 0 Å². The third-order valence-electron chi connectivity index (χ3n) is 3.44. The fourth-order valence-corrected chi connectivity index (χ4v) is 2.01. The summed E-state index contributed by atoms with van der Waals surface area (Å²) in [7, 11) is 1.44. The molecule has 1 aromatic rings. The normalized spacial score (nSPS) is 14.2. The van der Waals surface area contributed by atoms with Crippen LogP contribution in [0.4, 0.5) is 0 Å². The number of aryl methyl sites for hydroxylation is 1. The number of ether oxygens (including phenoxy) is 1. The van der Waals surface area contributed by atoms with Crippen molar-refractivity contribution in [1.82, 2.24) is 9.88 Å². The zero-order valence-corrected chi connectivity index (χ0v) is 11.8. The summed E-state index contributed by atoms with van der Waals surface area (Å²) < 4.78 is 7.02. The van der Waals surface area contributed by atoms with E-state index in [1.165, 1.54) is 12.8 Å². The van der Waals surface area contributed by atoms with Gasteiger partial charge in [-0.05, 0) is 25.0 Å². The lowest BCUT2D eigenvalue weighted by atomic mass is 9.99. The van der Waals surface area contributed by atoms with E-state index in [2.05, 4.69) is 36.7 Å². The van der Waals surface area contributed by atoms with Crippen molar-refractivity contribution in [3.05, 3.63) is 24.0 Å². The van der Waals surface area contributed by atoms with Crippen LogP contribution in [0.3, 0.4) is 0 Å². The third-order valence-corrected chi connectivity index (χ3v) is 3.44. The molecule has 0 aliphatic heterocycles. The van der Waals surface area contributed by atoms with E-state index in [4.69, 9.17) is 4.74 Å². The average molecular weight is 252 g/mol. The van der Waals surface area contributed by atoms with Crippen LogP contribution >= 0.6 is 0 Å². The fraction of sp³-hybridized carbons (Fsp3) is 0.643. The van der Waals surface area contributed by atoms with Crippen molar-refractivity contribution in [2.75, 3.05) is 7.11 Å². The standard InChI is InChI=1S/C14H24N2O2/c1-5-11(3)13(14(17)18-4)15-10-12-8-7-9-16(12)6-2/h7-9,11,13,15H,5-6,10H2,1-4H3. The molecule has 0 radical (unpaired) electrons. The molecular weight excluding hydrogens is 228 g/mol. The second-order valence-corrected chi connectivity index (χ2v) is 4.55. The van der Waals surface area contributed by atoms with Gasteiger partial charge in [0.25, 0.3) is 0 Å². The lowest BCUT2D eigenvalue weighted by Gasteiger charge is -2.22. The second kappa shape index (κ2) is 7.21. The maximum absolute atomic E-state index is 11.7. The summed E-state index contributed by atoms with van der Waals surface area (Å²) in [5.41, 5.74) is 1.19. The second-order valence-electron chi connectivity index (χ2n) is 4.55. The van der Waals surface area contributed by atoms with Gasteiger partial charge in [0.05, 0.1) is 7.11 Å². The fourth-order valence-electron chi connectivity index (χ4n) is 2.01. The molecule has 0 bridgehead atoms. The molecule has 4 nitrogen and oxygen atoms in total. The van der Waals surface area contributed by atoms with Gasteiger partial charge in [0.1, 0.15) is 6.04 Å². The van der Waals surface area contributed by atoms with Crippen LogP contribution in [-0.4, -0.2) is 23.7 Å². The summed E-state index contributed by atoms with van der Waals surface area (Å²) in [6.45, 7) is 7.88. The molecule has 0 saturated heterocycles. The molecule has 4 heteroatoms. The van der Waals surface area contributed by atoms with Crippen LogP contribution in [-0.2, 0) is 22.6 Å². The molecule has 18 heavy (non-hydrogen) atoms. The quantitative estimate of drug-likeness (QED) is 0.756. The van der Waals surface area contributed by atoms with Crippen molar-refractivity contribution >= 4 is 5.97 Å². The number of hydrogen-bond acceptors (Lipinski definition) is 3. The summed E-state index contributed by atoms with van der Waals surface area (Å²) in [6.07, 6.45) is 3.00. The molecule has 0 fully saturated rings. The molecule has 1 aromatic heterocycles. The molecule has 0 amide bonds. The van der Waals surface area contributed by atoms with Crippen molar-refractivity contribution < 1.29 is 9.53 Å². The monoisotopic (exact) mass is 252 g/mol. The highest BCUT2D eigenvalue weighted by molar-refractivity contribution is 5.75. The van der Waals surface area contributed by atoms with Crippen LogP contribution in [0.2, 0.25) is 0 Å². The van der Waals surface area contributed by atoms with Crippen LogP contribution in [0.5, 0.6) is 0 Å². The van der Waals surface area contributed by atoms with Gasteiger partial charge in [-0.25, -0.2) is 0 Å². The Labute approximate surface area is 109 Å². The summed E-state index contributed by atoms with van der Waals surface area (Å²) in [6, 6.07) is 3.86. The first-order chi connectivity index (χ1) is 8.63. The number of methoxy groups -OCH3 is 1. The van der Waals surface area contributed by atoms with Crippen molar-refractivity contribution in [2.24, 2.45) is 5.92 Å². The van der Waals surface area contributed by atoms with Crippen molar-refractivity contribution in [2.45, 2.75) is 46.3 Å². The van der Waals surface area contributed by atoms with Gasteiger partial charge in [-0.1, -0.05) is 20.3 Å². The summed E-state index contributed by atoms with van der Waals surface area (Å²) in [4.78, 5) is 11.7. The highest BCUT2D eigenvalue weighted by atomic mass is 16.5. The maximum Gasteiger partial charge on any atom is 0.323 e. The minimum atomic E-state index is -0.236. The van der Waals surface area contributed by atoms with Crippen LogP contribution < -0.4 is 5.32 Å². The molecule has 1 N–H and O–H groups in total. The van der Waals surface area contributed by atoms with Gasteiger partial charge in [0.2, 0.25) is 0 Å². The molecule has 1 rings (SSSR count). The van der Waals surface area contributed by atoms with Crippen molar-refractivity contribution in [3.8, 4) is 0 Å². The van der Waals surface area contributed by atoms with Crippen LogP contribution in [0, 0.1) is 5.92 Å². The van der Waals surface area contributed by atoms with Crippen LogP contribution in [0.25, 0.3) is 0 Å². The molecule has 0 aromatic carbocycles. The molecule has 1 heterocycles. The van der Waals surface area contributed by atoms with E-state index in [0.29, 0.717) is 6.54 Å². The predicted octanol–water partition coefficient (Wildman–Crippen LogP) is 2.19. The number of esters is 1. The SMILES string of the molecule is CCC(C)C(NCc1cccn1CC)C(=O)OC. The molecule has 0 aliphatic rings. The number of carbonyl (C=O) groups excluding carboxylic acids is 1. The Hall–Kier alpha value is -1.29. The van der Waals surface area contributed by atoms with Crippen LogP contribution in [0.1, 0.15) is 32.9 Å². The van der Waals surface area contributed by atoms with Gasteiger partial charge < -0.3 is 9.30 Å². The molecule has 102 valence electrons. The van der Waals surface area contributed by atoms with E-state index in [1.807, 2.05) is 12.3 Å². The van der Waals surface area contributed by atoms with Crippen molar-refractivity contribution in [3.63, 3.8) is 0 Å². The van der Waals surface area contributed by atoms with E-state index < -0.39 is 0 Å².